The van der Waals surface area contributed by atoms with E-state index in [0.29, 0.717) is 17.7 Å². The van der Waals surface area contributed by atoms with Crippen molar-refractivity contribution in [2.75, 3.05) is 6.61 Å². The highest BCUT2D eigenvalue weighted by molar-refractivity contribution is 6.16. The molecule has 0 saturated carbocycles. The number of unbranched alkanes of at least 4 members (excludes halogenated alkanes) is 1. The van der Waals surface area contributed by atoms with Gasteiger partial charge in [0.05, 0.1) is 12.2 Å². The van der Waals surface area contributed by atoms with Crippen LogP contribution in [0.3, 0.4) is 0 Å². The maximum absolute atomic E-state index is 13.1. The molecule has 0 unspecified atom stereocenters. The molecule has 0 aliphatic heterocycles. The maximum Gasteiger partial charge on any atom is 0.197 e. The van der Waals surface area contributed by atoms with Crippen molar-refractivity contribution in [2.24, 2.45) is 0 Å². The van der Waals surface area contributed by atoms with Crippen molar-refractivity contribution in [3.8, 4) is 5.75 Å². The summed E-state index contributed by atoms with van der Waals surface area (Å²) in [7, 11) is 0. The van der Waals surface area contributed by atoms with Crippen LogP contribution in [0.25, 0.3) is 11.0 Å². The molecule has 0 saturated heterocycles. The number of para-hydroxylation sites is 1. The number of furan rings is 1. The van der Waals surface area contributed by atoms with Gasteiger partial charge in [-0.1, -0.05) is 38.5 Å². The molecule has 0 bridgehead atoms. The number of ether oxygens (including phenoxy) is 1. The fourth-order valence-electron chi connectivity index (χ4n) is 2.93. The predicted molar refractivity (Wildman–Crippen MR) is 100 cm³/mol. The number of ketones is 1. The fraction of sp³-hybridized carbons (Fsp3) is 0.318. The molecular weight excluding hydrogens is 312 g/mol. The largest absolute Gasteiger partial charge is 0.494 e. The molecule has 0 spiro atoms. The van der Waals surface area contributed by atoms with Gasteiger partial charge in [0.2, 0.25) is 0 Å². The van der Waals surface area contributed by atoms with Crippen LogP contribution in [0.15, 0.2) is 52.9 Å². The minimum atomic E-state index is 0.0121. The molecule has 3 rings (SSSR count). The summed E-state index contributed by atoms with van der Waals surface area (Å²) in [5.74, 6) is 1.60. The lowest BCUT2D eigenvalue weighted by atomic mass is 9.98. The molecule has 0 aliphatic carbocycles. The van der Waals surface area contributed by atoms with Crippen molar-refractivity contribution in [3.63, 3.8) is 0 Å². The third-order valence-corrected chi connectivity index (χ3v) is 4.24. The number of hydrogen-bond donors (Lipinski definition) is 0. The molecule has 3 heteroatoms. The van der Waals surface area contributed by atoms with Crippen molar-refractivity contribution < 1.29 is 13.9 Å². The minimum absolute atomic E-state index is 0.0121. The third kappa shape index (κ3) is 3.76. The Morgan fingerprint density at radius 2 is 1.76 bits per heavy atom. The molecule has 3 aromatic rings. The van der Waals surface area contributed by atoms with Gasteiger partial charge >= 0.3 is 0 Å². The molecule has 0 fully saturated rings. The summed E-state index contributed by atoms with van der Waals surface area (Å²) < 4.78 is 11.6. The molecule has 2 aromatic carbocycles. The molecule has 0 N–H and O–H groups in total. The zero-order valence-electron chi connectivity index (χ0n) is 14.9. The van der Waals surface area contributed by atoms with Crippen LogP contribution < -0.4 is 4.74 Å². The summed E-state index contributed by atoms with van der Waals surface area (Å²) in [6, 6.07) is 15.1. The highest BCUT2D eigenvalue weighted by Gasteiger charge is 2.21. The van der Waals surface area contributed by atoms with E-state index in [2.05, 4.69) is 13.8 Å². The number of rotatable bonds is 8. The van der Waals surface area contributed by atoms with E-state index in [4.69, 9.17) is 9.15 Å². The lowest BCUT2D eigenvalue weighted by Gasteiger charge is -2.06. The van der Waals surface area contributed by atoms with Crippen LogP contribution in [0.4, 0.5) is 0 Å². The van der Waals surface area contributed by atoms with E-state index in [9.17, 15) is 4.79 Å². The van der Waals surface area contributed by atoms with Crippen LogP contribution in [0.5, 0.6) is 5.75 Å². The highest BCUT2D eigenvalue weighted by Crippen LogP contribution is 2.29. The van der Waals surface area contributed by atoms with Gasteiger partial charge in [-0.05, 0) is 43.2 Å². The second-order valence-electron chi connectivity index (χ2n) is 6.20. The third-order valence-electron chi connectivity index (χ3n) is 4.24. The molecular formula is C22H24O3. The minimum Gasteiger partial charge on any atom is -0.494 e. The summed E-state index contributed by atoms with van der Waals surface area (Å²) >= 11 is 0. The Labute approximate surface area is 148 Å². The van der Waals surface area contributed by atoms with Gasteiger partial charge in [-0.2, -0.15) is 0 Å². The first-order valence-corrected chi connectivity index (χ1v) is 9.02. The summed E-state index contributed by atoms with van der Waals surface area (Å²) in [6.07, 6.45) is 3.81. The van der Waals surface area contributed by atoms with E-state index in [1.165, 1.54) is 0 Å². The van der Waals surface area contributed by atoms with Crippen LogP contribution >= 0.6 is 0 Å². The van der Waals surface area contributed by atoms with Gasteiger partial charge in [0.15, 0.2) is 5.78 Å². The predicted octanol–water partition coefficient (Wildman–Crippen LogP) is 5.80. The van der Waals surface area contributed by atoms with Gasteiger partial charge in [-0.15, -0.1) is 0 Å². The van der Waals surface area contributed by atoms with E-state index in [1.807, 2.05) is 48.5 Å². The van der Waals surface area contributed by atoms with Gasteiger partial charge in [-0.3, -0.25) is 4.79 Å². The Kier molecular flexibility index (Phi) is 5.54. The number of aryl methyl sites for hydroxylation is 1. The van der Waals surface area contributed by atoms with Crippen molar-refractivity contribution in [1.29, 1.82) is 0 Å². The monoisotopic (exact) mass is 336 g/mol. The summed E-state index contributed by atoms with van der Waals surface area (Å²) in [5.41, 5.74) is 2.14. The molecule has 1 heterocycles. The Hall–Kier alpha value is -2.55. The summed E-state index contributed by atoms with van der Waals surface area (Å²) in [4.78, 5) is 13.1. The van der Waals surface area contributed by atoms with Crippen molar-refractivity contribution in [1.82, 2.24) is 0 Å². The maximum atomic E-state index is 13.1. The van der Waals surface area contributed by atoms with Crippen molar-refractivity contribution in [3.05, 3.63) is 65.4 Å². The van der Waals surface area contributed by atoms with Crippen LogP contribution in [0.2, 0.25) is 0 Å². The molecule has 0 atom stereocenters. The zero-order valence-corrected chi connectivity index (χ0v) is 14.9. The van der Waals surface area contributed by atoms with E-state index >= 15 is 0 Å². The summed E-state index contributed by atoms with van der Waals surface area (Å²) in [5, 5.41) is 0.893. The van der Waals surface area contributed by atoms with Crippen molar-refractivity contribution in [2.45, 2.75) is 39.5 Å². The van der Waals surface area contributed by atoms with E-state index in [-0.39, 0.29) is 5.78 Å². The average molecular weight is 336 g/mol. The first-order chi connectivity index (χ1) is 12.2. The average Bonchev–Trinajstić information content (AvgIpc) is 3.02. The number of benzene rings is 2. The van der Waals surface area contributed by atoms with E-state index in [1.54, 1.807) is 0 Å². The normalized spacial score (nSPS) is 11.0. The molecule has 0 radical (unpaired) electrons. The lowest BCUT2D eigenvalue weighted by molar-refractivity contribution is 0.103. The zero-order chi connectivity index (χ0) is 17.6. The lowest BCUT2D eigenvalue weighted by Crippen LogP contribution is -2.04. The van der Waals surface area contributed by atoms with Crippen LogP contribution in [-0.4, -0.2) is 12.4 Å². The smallest absolute Gasteiger partial charge is 0.197 e. The number of fused-ring (bicyclic) bond motifs is 1. The fourth-order valence-corrected chi connectivity index (χ4v) is 2.93. The van der Waals surface area contributed by atoms with Gasteiger partial charge in [0.1, 0.15) is 17.1 Å². The van der Waals surface area contributed by atoms with Gasteiger partial charge in [0, 0.05) is 17.4 Å². The SMILES string of the molecule is CCCCc1oc2ccccc2c1C(=O)c1ccc(OCCC)cc1. The highest BCUT2D eigenvalue weighted by atomic mass is 16.5. The van der Waals surface area contributed by atoms with Crippen LogP contribution in [0, 0.1) is 0 Å². The van der Waals surface area contributed by atoms with Crippen LogP contribution in [0.1, 0.15) is 54.8 Å². The second kappa shape index (κ2) is 8.02. The van der Waals surface area contributed by atoms with Gasteiger partial charge in [0.25, 0.3) is 0 Å². The first-order valence-electron chi connectivity index (χ1n) is 9.02. The molecule has 0 aliphatic rings. The first kappa shape index (κ1) is 17.3. The Balaban J connectivity index is 1.95. The molecule has 0 amide bonds. The quantitative estimate of drug-likeness (QED) is 0.488. The topological polar surface area (TPSA) is 39.4 Å². The second-order valence-corrected chi connectivity index (χ2v) is 6.20. The van der Waals surface area contributed by atoms with E-state index < -0.39 is 0 Å². The number of hydrogen-bond acceptors (Lipinski definition) is 3. The Bertz CT molecular complexity index is 843. The standard InChI is InChI=1S/C22H24O3/c1-3-5-9-20-21(18-8-6-7-10-19(18)25-20)22(23)16-11-13-17(14-12-16)24-15-4-2/h6-8,10-14H,3-5,9,15H2,1-2H3. The molecule has 25 heavy (non-hydrogen) atoms. The van der Waals surface area contributed by atoms with Gasteiger partial charge in [-0.25, -0.2) is 0 Å². The summed E-state index contributed by atoms with van der Waals surface area (Å²) in [6.45, 7) is 4.89. The molecule has 3 nitrogen and oxygen atoms in total. The number of carbonyl (C=O) groups is 1. The van der Waals surface area contributed by atoms with Crippen molar-refractivity contribution >= 4 is 16.8 Å². The molecule has 130 valence electrons. The molecule has 1 aromatic heterocycles. The number of carbonyl (C=O) groups excluding carboxylic acids is 1. The van der Waals surface area contributed by atoms with E-state index in [0.717, 1.165) is 48.2 Å². The van der Waals surface area contributed by atoms with Gasteiger partial charge < -0.3 is 9.15 Å². The van der Waals surface area contributed by atoms with Crippen LogP contribution in [-0.2, 0) is 6.42 Å². The Morgan fingerprint density at radius 1 is 1.00 bits per heavy atom. The Morgan fingerprint density at radius 3 is 2.48 bits per heavy atom.